The standard InChI is InChI=1S/C10H12N2O2/c13-10(14)9-6-1-5-2-11-3-7(5)8(6)4-12-9/h2-3,6,8-9,11-12H,1,4H2,(H,13,14). The van der Waals surface area contributed by atoms with Gasteiger partial charge in [-0.15, -0.1) is 0 Å². The van der Waals surface area contributed by atoms with E-state index in [0.29, 0.717) is 5.92 Å². The molecule has 1 aromatic rings. The second kappa shape index (κ2) is 2.60. The largest absolute Gasteiger partial charge is 0.480 e. The van der Waals surface area contributed by atoms with Crippen molar-refractivity contribution in [1.29, 1.82) is 0 Å². The summed E-state index contributed by atoms with van der Waals surface area (Å²) in [6, 6.07) is -0.354. The van der Waals surface area contributed by atoms with Crippen LogP contribution in [0.2, 0.25) is 0 Å². The molecule has 4 heteroatoms. The molecule has 4 nitrogen and oxygen atoms in total. The smallest absolute Gasteiger partial charge is 0.321 e. The van der Waals surface area contributed by atoms with Crippen molar-refractivity contribution in [3.63, 3.8) is 0 Å². The van der Waals surface area contributed by atoms with E-state index in [-0.39, 0.29) is 12.0 Å². The molecule has 3 atom stereocenters. The van der Waals surface area contributed by atoms with Gasteiger partial charge in [0.25, 0.3) is 0 Å². The third kappa shape index (κ3) is 0.889. The lowest BCUT2D eigenvalue weighted by molar-refractivity contribution is -0.140. The third-order valence-electron chi connectivity index (χ3n) is 3.49. The van der Waals surface area contributed by atoms with E-state index in [9.17, 15) is 4.79 Å². The Morgan fingerprint density at radius 1 is 1.50 bits per heavy atom. The number of carboxylic acid groups (broad SMARTS) is 1. The zero-order chi connectivity index (χ0) is 9.71. The summed E-state index contributed by atoms with van der Waals surface area (Å²) in [6.07, 6.45) is 4.89. The molecule has 1 aliphatic carbocycles. The maximum Gasteiger partial charge on any atom is 0.321 e. The molecule has 0 radical (unpaired) electrons. The molecule has 3 unspecified atom stereocenters. The summed E-state index contributed by atoms with van der Waals surface area (Å²) in [4.78, 5) is 14.0. The molecule has 74 valence electrons. The van der Waals surface area contributed by atoms with Crippen LogP contribution >= 0.6 is 0 Å². The number of aromatic nitrogens is 1. The Kier molecular flexibility index (Phi) is 1.50. The summed E-state index contributed by atoms with van der Waals surface area (Å²) in [5.41, 5.74) is 2.61. The van der Waals surface area contributed by atoms with Gasteiger partial charge in [-0.3, -0.25) is 4.79 Å². The third-order valence-corrected chi connectivity index (χ3v) is 3.49. The molecule has 1 aromatic heterocycles. The van der Waals surface area contributed by atoms with Crippen LogP contribution in [0.5, 0.6) is 0 Å². The minimum atomic E-state index is -0.716. The summed E-state index contributed by atoms with van der Waals surface area (Å²) < 4.78 is 0. The molecule has 0 aromatic carbocycles. The van der Waals surface area contributed by atoms with Crippen LogP contribution < -0.4 is 5.32 Å². The zero-order valence-electron chi connectivity index (χ0n) is 7.66. The molecule has 3 rings (SSSR count). The van der Waals surface area contributed by atoms with E-state index in [1.54, 1.807) is 0 Å². The first kappa shape index (κ1) is 8.05. The Morgan fingerprint density at radius 2 is 2.36 bits per heavy atom. The van der Waals surface area contributed by atoms with Crippen molar-refractivity contribution < 1.29 is 9.90 Å². The fourth-order valence-corrected chi connectivity index (χ4v) is 2.84. The number of rotatable bonds is 1. The highest BCUT2D eigenvalue weighted by Crippen LogP contribution is 2.42. The van der Waals surface area contributed by atoms with Crippen LogP contribution in [0.25, 0.3) is 0 Å². The molecule has 1 saturated heterocycles. The minimum absolute atomic E-state index is 0.257. The predicted octanol–water partition coefficient (Wildman–Crippen LogP) is 0.327. The van der Waals surface area contributed by atoms with Crippen molar-refractivity contribution in [3.8, 4) is 0 Å². The Hall–Kier alpha value is -1.29. The number of carboxylic acids is 1. The van der Waals surface area contributed by atoms with Gasteiger partial charge in [0.15, 0.2) is 0 Å². The molecule has 0 amide bonds. The second-order valence-corrected chi connectivity index (χ2v) is 4.13. The lowest BCUT2D eigenvalue weighted by Crippen LogP contribution is -2.35. The van der Waals surface area contributed by atoms with Crippen LogP contribution in [0.15, 0.2) is 12.4 Å². The van der Waals surface area contributed by atoms with Gasteiger partial charge in [0.05, 0.1) is 0 Å². The maximum atomic E-state index is 10.9. The lowest BCUT2D eigenvalue weighted by Gasteiger charge is -2.13. The van der Waals surface area contributed by atoms with E-state index in [2.05, 4.69) is 10.3 Å². The Balaban J connectivity index is 1.94. The highest BCUT2D eigenvalue weighted by atomic mass is 16.4. The quantitative estimate of drug-likeness (QED) is 0.600. The van der Waals surface area contributed by atoms with E-state index in [0.717, 1.165) is 13.0 Å². The van der Waals surface area contributed by atoms with Gasteiger partial charge in [-0.25, -0.2) is 0 Å². The molecule has 14 heavy (non-hydrogen) atoms. The Bertz CT molecular complexity index is 385. The number of hydrogen-bond donors (Lipinski definition) is 3. The van der Waals surface area contributed by atoms with Crippen LogP contribution in [0.1, 0.15) is 17.0 Å². The second-order valence-electron chi connectivity index (χ2n) is 4.13. The number of H-pyrrole nitrogens is 1. The normalized spacial score (nSPS) is 34.1. The van der Waals surface area contributed by atoms with E-state index in [1.165, 1.54) is 11.1 Å². The van der Waals surface area contributed by atoms with Crippen molar-refractivity contribution in [1.82, 2.24) is 10.3 Å². The molecule has 1 fully saturated rings. The van der Waals surface area contributed by atoms with Crippen LogP contribution in [-0.2, 0) is 11.2 Å². The van der Waals surface area contributed by atoms with E-state index < -0.39 is 5.97 Å². The van der Waals surface area contributed by atoms with Gasteiger partial charge in [-0.1, -0.05) is 0 Å². The van der Waals surface area contributed by atoms with Crippen molar-refractivity contribution in [3.05, 3.63) is 23.5 Å². The van der Waals surface area contributed by atoms with Gasteiger partial charge in [0.1, 0.15) is 6.04 Å². The summed E-state index contributed by atoms with van der Waals surface area (Å²) in [5, 5.41) is 12.1. The molecule has 2 heterocycles. The summed E-state index contributed by atoms with van der Waals surface area (Å²) >= 11 is 0. The fourth-order valence-electron chi connectivity index (χ4n) is 2.84. The molecule has 1 aliphatic heterocycles. The van der Waals surface area contributed by atoms with Crippen molar-refractivity contribution in [2.45, 2.75) is 18.4 Å². The van der Waals surface area contributed by atoms with Gasteiger partial charge in [0, 0.05) is 24.9 Å². The molecular formula is C10H12N2O2. The Morgan fingerprint density at radius 3 is 3.14 bits per heavy atom. The molecule has 3 N–H and O–H groups in total. The molecule has 0 bridgehead atoms. The van der Waals surface area contributed by atoms with Gasteiger partial charge in [-0.05, 0) is 23.5 Å². The summed E-state index contributed by atoms with van der Waals surface area (Å²) in [7, 11) is 0. The van der Waals surface area contributed by atoms with Crippen LogP contribution in [0.3, 0.4) is 0 Å². The van der Waals surface area contributed by atoms with Crippen LogP contribution in [0.4, 0.5) is 0 Å². The highest BCUT2D eigenvalue weighted by molar-refractivity contribution is 5.75. The maximum absolute atomic E-state index is 10.9. The van der Waals surface area contributed by atoms with Gasteiger partial charge in [-0.2, -0.15) is 0 Å². The molecule has 2 aliphatic rings. The number of carbonyl (C=O) groups is 1. The number of aliphatic carboxylic acids is 1. The van der Waals surface area contributed by atoms with Gasteiger partial charge in [0.2, 0.25) is 0 Å². The average Bonchev–Trinajstić information content (AvgIpc) is 2.70. The van der Waals surface area contributed by atoms with Gasteiger partial charge >= 0.3 is 5.97 Å². The first-order chi connectivity index (χ1) is 6.77. The SMILES string of the molecule is O=C(O)C1NCC2c3c[nH]cc3CC12. The Labute approximate surface area is 81.3 Å². The van der Waals surface area contributed by atoms with E-state index >= 15 is 0 Å². The number of aromatic amines is 1. The number of hydrogen-bond acceptors (Lipinski definition) is 2. The van der Waals surface area contributed by atoms with E-state index in [4.69, 9.17) is 5.11 Å². The van der Waals surface area contributed by atoms with Crippen LogP contribution in [-0.4, -0.2) is 28.6 Å². The zero-order valence-corrected chi connectivity index (χ0v) is 7.66. The molecule has 0 saturated carbocycles. The summed E-state index contributed by atoms with van der Waals surface area (Å²) in [6.45, 7) is 0.798. The van der Waals surface area contributed by atoms with Crippen molar-refractivity contribution in [2.24, 2.45) is 5.92 Å². The first-order valence-corrected chi connectivity index (χ1v) is 4.89. The average molecular weight is 192 g/mol. The van der Waals surface area contributed by atoms with Crippen molar-refractivity contribution in [2.75, 3.05) is 6.54 Å². The monoisotopic (exact) mass is 192 g/mol. The van der Waals surface area contributed by atoms with Crippen LogP contribution in [0, 0.1) is 5.92 Å². The molecule has 0 spiro atoms. The van der Waals surface area contributed by atoms with Gasteiger partial charge < -0.3 is 15.4 Å². The number of fused-ring (bicyclic) bond motifs is 3. The summed E-state index contributed by atoms with van der Waals surface area (Å²) in [5.74, 6) is -0.0592. The minimum Gasteiger partial charge on any atom is -0.480 e. The highest BCUT2D eigenvalue weighted by Gasteiger charge is 2.45. The first-order valence-electron chi connectivity index (χ1n) is 4.89. The number of nitrogens with one attached hydrogen (secondary N) is 2. The lowest BCUT2D eigenvalue weighted by atomic mass is 9.92. The van der Waals surface area contributed by atoms with Crippen molar-refractivity contribution >= 4 is 5.97 Å². The molecular weight excluding hydrogens is 180 g/mol. The predicted molar refractivity (Wildman–Crippen MR) is 50.2 cm³/mol. The fraction of sp³-hybridized carbons (Fsp3) is 0.500. The van der Waals surface area contributed by atoms with E-state index in [1.807, 2.05) is 12.4 Å². The topological polar surface area (TPSA) is 65.1 Å².